The van der Waals surface area contributed by atoms with Crippen molar-refractivity contribution in [1.29, 1.82) is 0 Å². The zero-order chi connectivity index (χ0) is 20.5. The maximum Gasteiger partial charge on any atom is 0.108 e. The Balaban J connectivity index is 5.75. The second-order valence-corrected chi connectivity index (χ2v) is 10.2. The standard InChI is InChI=1S/C22H38O2S2/c1-11-15-21(10,16-12-2)25-24-20(8,9)22(17-13-3,18-14-4)26-23-19(5,6)7/h11-18H,1-10H3. The zero-order valence-corrected chi connectivity index (χ0v) is 19.9. The van der Waals surface area contributed by atoms with Gasteiger partial charge in [0.1, 0.15) is 10.3 Å². The first-order valence-electron chi connectivity index (χ1n) is 9.20. The summed E-state index contributed by atoms with van der Waals surface area (Å²) in [5, 5.41) is 0. The Labute approximate surface area is 171 Å². The van der Waals surface area contributed by atoms with Gasteiger partial charge in [0.15, 0.2) is 0 Å². The van der Waals surface area contributed by atoms with E-state index in [1.807, 2.05) is 27.7 Å². The van der Waals surface area contributed by atoms with E-state index in [1.165, 1.54) is 24.1 Å². The van der Waals surface area contributed by atoms with E-state index in [4.69, 9.17) is 8.37 Å². The van der Waals surface area contributed by atoms with Gasteiger partial charge in [0, 0.05) is 24.1 Å². The molecule has 0 aliphatic carbocycles. The van der Waals surface area contributed by atoms with Crippen molar-refractivity contribution in [2.75, 3.05) is 0 Å². The number of hydrogen-bond donors (Lipinski definition) is 0. The molecule has 0 rings (SSSR count). The van der Waals surface area contributed by atoms with Crippen molar-refractivity contribution >= 4 is 24.1 Å². The molecule has 0 N–H and O–H groups in total. The second kappa shape index (κ2) is 10.8. The minimum atomic E-state index is -0.503. The van der Waals surface area contributed by atoms with Gasteiger partial charge in [-0.05, 0) is 69.2 Å². The molecular formula is C22H38O2S2. The van der Waals surface area contributed by atoms with Crippen LogP contribution in [-0.2, 0) is 8.37 Å². The number of rotatable bonds is 10. The van der Waals surface area contributed by atoms with E-state index in [9.17, 15) is 0 Å². The Morgan fingerprint density at radius 1 is 0.577 bits per heavy atom. The summed E-state index contributed by atoms with van der Waals surface area (Å²) in [7, 11) is 0. The molecule has 0 saturated carbocycles. The molecule has 150 valence electrons. The topological polar surface area (TPSA) is 18.5 Å². The van der Waals surface area contributed by atoms with Crippen LogP contribution in [0.25, 0.3) is 0 Å². The summed E-state index contributed by atoms with van der Waals surface area (Å²) in [5.74, 6) is 0. The lowest BCUT2D eigenvalue weighted by atomic mass is 9.89. The SMILES string of the molecule is CC=CC(C)(C=CC)SOC(C)(C)C(C=CC)(C=CC)SOC(C)(C)C. The Kier molecular flexibility index (Phi) is 10.6. The van der Waals surface area contributed by atoms with Crippen molar-refractivity contribution < 1.29 is 8.37 Å². The Morgan fingerprint density at radius 3 is 1.35 bits per heavy atom. The molecular weight excluding hydrogens is 360 g/mol. The van der Waals surface area contributed by atoms with Crippen molar-refractivity contribution in [3.8, 4) is 0 Å². The first-order valence-corrected chi connectivity index (χ1v) is 10.7. The van der Waals surface area contributed by atoms with Crippen LogP contribution < -0.4 is 0 Å². The monoisotopic (exact) mass is 398 g/mol. The summed E-state index contributed by atoms with van der Waals surface area (Å²) in [5.41, 5.74) is -0.746. The average Bonchev–Trinajstić information content (AvgIpc) is 2.51. The summed E-state index contributed by atoms with van der Waals surface area (Å²) < 4.78 is 11.9. The fraction of sp³-hybridized carbons (Fsp3) is 0.636. The van der Waals surface area contributed by atoms with Gasteiger partial charge in [-0.3, -0.25) is 0 Å². The molecule has 26 heavy (non-hydrogen) atoms. The van der Waals surface area contributed by atoms with Crippen LogP contribution in [0.3, 0.4) is 0 Å². The van der Waals surface area contributed by atoms with Crippen LogP contribution >= 0.6 is 24.1 Å². The normalized spacial score (nSPS) is 19.0. The molecule has 2 nitrogen and oxygen atoms in total. The van der Waals surface area contributed by atoms with Crippen LogP contribution in [-0.4, -0.2) is 20.7 Å². The van der Waals surface area contributed by atoms with Crippen molar-refractivity contribution in [3.63, 3.8) is 0 Å². The molecule has 0 unspecified atom stereocenters. The van der Waals surface area contributed by atoms with E-state index >= 15 is 0 Å². The largest absolute Gasteiger partial charge is 0.308 e. The van der Waals surface area contributed by atoms with Gasteiger partial charge in [-0.1, -0.05) is 48.6 Å². The Hall–Kier alpha value is -0.420. The minimum absolute atomic E-state index is 0.214. The molecule has 0 amide bonds. The van der Waals surface area contributed by atoms with Gasteiger partial charge >= 0.3 is 0 Å². The van der Waals surface area contributed by atoms with Crippen molar-refractivity contribution in [2.45, 2.75) is 89.9 Å². The highest BCUT2D eigenvalue weighted by molar-refractivity contribution is 7.97. The quantitative estimate of drug-likeness (QED) is 0.277. The lowest BCUT2D eigenvalue weighted by Gasteiger charge is -2.43. The Bertz CT molecular complexity index is 499. The molecule has 0 heterocycles. The smallest absolute Gasteiger partial charge is 0.108 e. The van der Waals surface area contributed by atoms with Crippen LogP contribution in [0.15, 0.2) is 48.6 Å². The third kappa shape index (κ3) is 8.08. The predicted molar refractivity (Wildman–Crippen MR) is 122 cm³/mol. The molecule has 0 atom stereocenters. The van der Waals surface area contributed by atoms with Gasteiger partial charge in [0.05, 0.1) is 10.3 Å². The fourth-order valence-electron chi connectivity index (χ4n) is 2.33. The Morgan fingerprint density at radius 2 is 1.00 bits per heavy atom. The van der Waals surface area contributed by atoms with E-state index < -0.39 is 10.3 Å². The lowest BCUT2D eigenvalue weighted by Crippen LogP contribution is -2.47. The van der Waals surface area contributed by atoms with Crippen LogP contribution in [0.4, 0.5) is 0 Å². The van der Waals surface area contributed by atoms with Gasteiger partial charge < -0.3 is 8.37 Å². The van der Waals surface area contributed by atoms with Crippen LogP contribution in [0, 0.1) is 0 Å². The molecule has 0 bridgehead atoms. The highest BCUT2D eigenvalue weighted by Crippen LogP contribution is 2.47. The first kappa shape index (κ1) is 25.6. The minimum Gasteiger partial charge on any atom is -0.308 e. The fourth-order valence-corrected chi connectivity index (χ4v) is 4.31. The summed E-state index contributed by atoms with van der Waals surface area (Å²) >= 11 is 2.94. The maximum atomic E-state index is 6.45. The van der Waals surface area contributed by atoms with E-state index in [1.54, 1.807) is 0 Å². The summed E-state index contributed by atoms with van der Waals surface area (Å²) in [6.07, 6.45) is 16.9. The number of hydrogen-bond acceptors (Lipinski definition) is 4. The van der Waals surface area contributed by atoms with Crippen molar-refractivity contribution in [3.05, 3.63) is 48.6 Å². The predicted octanol–water partition coefficient (Wildman–Crippen LogP) is 7.70. The molecule has 0 fully saturated rings. The van der Waals surface area contributed by atoms with Gasteiger partial charge in [-0.15, -0.1) is 0 Å². The highest BCUT2D eigenvalue weighted by atomic mass is 32.2. The molecule has 0 aliphatic rings. The van der Waals surface area contributed by atoms with Crippen molar-refractivity contribution in [1.82, 2.24) is 0 Å². The van der Waals surface area contributed by atoms with E-state index in [0.29, 0.717) is 0 Å². The zero-order valence-electron chi connectivity index (χ0n) is 18.3. The first-order chi connectivity index (χ1) is 11.9. The number of allylic oxidation sites excluding steroid dienone is 4. The lowest BCUT2D eigenvalue weighted by molar-refractivity contribution is 0.110. The summed E-state index contributed by atoms with van der Waals surface area (Å²) in [6, 6.07) is 0. The third-order valence-corrected chi connectivity index (χ3v) is 6.38. The summed E-state index contributed by atoms with van der Waals surface area (Å²) in [4.78, 5) is 0. The molecule has 0 aromatic heterocycles. The second-order valence-electron chi connectivity index (χ2n) is 7.93. The highest BCUT2D eigenvalue weighted by Gasteiger charge is 2.46. The summed E-state index contributed by atoms with van der Waals surface area (Å²) in [6.45, 7) is 20.7. The van der Waals surface area contributed by atoms with Gasteiger partial charge in [-0.2, -0.15) is 0 Å². The molecule has 0 saturated heterocycles. The molecule has 0 aromatic carbocycles. The van der Waals surface area contributed by atoms with Gasteiger partial charge in [0.25, 0.3) is 0 Å². The van der Waals surface area contributed by atoms with E-state index in [2.05, 4.69) is 90.2 Å². The average molecular weight is 399 g/mol. The van der Waals surface area contributed by atoms with E-state index in [-0.39, 0.29) is 10.3 Å². The van der Waals surface area contributed by atoms with Crippen LogP contribution in [0.1, 0.15) is 69.2 Å². The van der Waals surface area contributed by atoms with Gasteiger partial charge in [0.2, 0.25) is 0 Å². The van der Waals surface area contributed by atoms with Crippen LogP contribution in [0.5, 0.6) is 0 Å². The van der Waals surface area contributed by atoms with Crippen molar-refractivity contribution in [2.24, 2.45) is 0 Å². The maximum absolute atomic E-state index is 6.45. The van der Waals surface area contributed by atoms with E-state index in [0.717, 1.165) is 0 Å². The molecule has 0 aliphatic heterocycles. The molecule has 0 spiro atoms. The molecule has 4 heteroatoms. The third-order valence-electron chi connectivity index (χ3n) is 3.62. The molecule has 0 aromatic rings. The van der Waals surface area contributed by atoms with Gasteiger partial charge in [-0.25, -0.2) is 0 Å². The van der Waals surface area contributed by atoms with Crippen LogP contribution in [0.2, 0.25) is 0 Å². The molecule has 0 radical (unpaired) electrons.